The maximum absolute atomic E-state index is 11.4. The highest BCUT2D eigenvalue weighted by molar-refractivity contribution is 8.00. The lowest BCUT2D eigenvalue weighted by Crippen LogP contribution is -2.14. The van der Waals surface area contributed by atoms with Gasteiger partial charge in [0.1, 0.15) is 0 Å². The molecule has 0 saturated heterocycles. The monoisotopic (exact) mass is 309 g/mol. The molecule has 0 atom stereocenters. The SMILES string of the molecule is O=C(O)CSc1nc(SCc2ccccc2)nc(=O)[nH]1. The fraction of sp³-hybridized carbons (Fsp3) is 0.167. The van der Waals surface area contributed by atoms with Gasteiger partial charge in [-0.25, -0.2) is 4.79 Å². The molecule has 2 N–H and O–H groups in total. The normalized spacial score (nSPS) is 10.4. The smallest absolute Gasteiger partial charge is 0.349 e. The van der Waals surface area contributed by atoms with Crippen LogP contribution in [0.4, 0.5) is 0 Å². The van der Waals surface area contributed by atoms with Crippen molar-refractivity contribution in [2.45, 2.75) is 16.1 Å². The minimum absolute atomic E-state index is 0.157. The number of benzene rings is 1. The van der Waals surface area contributed by atoms with Gasteiger partial charge in [0.15, 0.2) is 10.3 Å². The number of hydrogen-bond donors (Lipinski definition) is 2. The Kier molecular flexibility index (Phi) is 5.19. The predicted octanol–water partition coefficient (Wildman–Crippen LogP) is 1.63. The Hall–Kier alpha value is -1.80. The number of nitrogens with one attached hydrogen (secondary N) is 1. The molecule has 1 heterocycles. The summed E-state index contributed by atoms with van der Waals surface area (Å²) in [4.78, 5) is 32.2. The molecule has 2 rings (SSSR count). The second kappa shape index (κ2) is 7.11. The molecule has 0 fully saturated rings. The van der Waals surface area contributed by atoms with E-state index in [9.17, 15) is 9.59 Å². The molecule has 0 aliphatic rings. The van der Waals surface area contributed by atoms with Gasteiger partial charge in [0.05, 0.1) is 5.75 Å². The van der Waals surface area contributed by atoms with E-state index in [1.54, 1.807) is 0 Å². The molecule has 0 aliphatic heterocycles. The number of H-pyrrole nitrogens is 1. The van der Waals surface area contributed by atoms with Crippen molar-refractivity contribution in [3.63, 3.8) is 0 Å². The number of carboxylic acids is 1. The molecule has 0 bridgehead atoms. The summed E-state index contributed by atoms with van der Waals surface area (Å²) in [5, 5.41) is 9.21. The van der Waals surface area contributed by atoms with Gasteiger partial charge >= 0.3 is 11.7 Å². The van der Waals surface area contributed by atoms with E-state index in [2.05, 4.69) is 15.0 Å². The van der Waals surface area contributed by atoms with Crippen LogP contribution in [0.3, 0.4) is 0 Å². The molecule has 0 aliphatic carbocycles. The van der Waals surface area contributed by atoms with Gasteiger partial charge in [0.2, 0.25) is 0 Å². The minimum atomic E-state index is -0.965. The zero-order valence-corrected chi connectivity index (χ0v) is 11.9. The zero-order valence-electron chi connectivity index (χ0n) is 10.3. The molecule has 0 radical (unpaired) electrons. The van der Waals surface area contributed by atoms with Crippen LogP contribution in [0.1, 0.15) is 5.56 Å². The van der Waals surface area contributed by atoms with Gasteiger partial charge in [-0.05, 0) is 5.56 Å². The molecular formula is C12H11N3O3S2. The fourth-order valence-electron chi connectivity index (χ4n) is 1.33. The van der Waals surface area contributed by atoms with E-state index in [-0.39, 0.29) is 10.9 Å². The van der Waals surface area contributed by atoms with Crippen LogP contribution in [0.2, 0.25) is 0 Å². The van der Waals surface area contributed by atoms with Crippen molar-refractivity contribution in [1.29, 1.82) is 0 Å². The Morgan fingerprint density at radius 1 is 1.20 bits per heavy atom. The highest BCUT2D eigenvalue weighted by Crippen LogP contribution is 2.19. The summed E-state index contributed by atoms with van der Waals surface area (Å²) < 4.78 is 0. The quantitative estimate of drug-likeness (QED) is 0.783. The summed E-state index contributed by atoms with van der Waals surface area (Å²) in [6, 6.07) is 9.74. The fourth-order valence-corrected chi connectivity index (χ4v) is 2.75. The topological polar surface area (TPSA) is 95.9 Å². The molecule has 8 heteroatoms. The van der Waals surface area contributed by atoms with Gasteiger partial charge in [0, 0.05) is 5.75 Å². The van der Waals surface area contributed by atoms with Gasteiger partial charge < -0.3 is 5.11 Å². The van der Waals surface area contributed by atoms with Crippen molar-refractivity contribution < 1.29 is 9.90 Å². The first kappa shape index (κ1) is 14.6. The lowest BCUT2D eigenvalue weighted by Gasteiger charge is -2.02. The molecule has 1 aromatic carbocycles. The van der Waals surface area contributed by atoms with Crippen LogP contribution >= 0.6 is 23.5 Å². The number of aliphatic carboxylic acids is 1. The average Bonchev–Trinajstić information content (AvgIpc) is 2.44. The Morgan fingerprint density at radius 2 is 1.95 bits per heavy atom. The molecule has 1 aromatic heterocycles. The molecule has 0 saturated carbocycles. The van der Waals surface area contributed by atoms with E-state index in [0.717, 1.165) is 17.3 Å². The molecule has 6 nitrogen and oxygen atoms in total. The second-order valence-electron chi connectivity index (χ2n) is 3.70. The van der Waals surface area contributed by atoms with Crippen LogP contribution in [0.15, 0.2) is 45.4 Å². The number of aromatic amines is 1. The van der Waals surface area contributed by atoms with E-state index in [0.29, 0.717) is 10.9 Å². The average molecular weight is 309 g/mol. The van der Waals surface area contributed by atoms with Crippen molar-refractivity contribution in [2.24, 2.45) is 0 Å². The number of nitrogens with zero attached hydrogens (tertiary/aromatic N) is 2. The third kappa shape index (κ3) is 4.71. The van der Waals surface area contributed by atoms with Crippen molar-refractivity contribution in [2.75, 3.05) is 5.75 Å². The Labute approximate surface area is 123 Å². The Bertz CT molecular complexity index is 646. The minimum Gasteiger partial charge on any atom is -0.481 e. The molecule has 2 aromatic rings. The van der Waals surface area contributed by atoms with E-state index in [1.165, 1.54) is 11.8 Å². The molecular weight excluding hydrogens is 298 g/mol. The van der Waals surface area contributed by atoms with Crippen molar-refractivity contribution in [3.8, 4) is 0 Å². The molecule has 0 unspecified atom stereocenters. The summed E-state index contributed by atoms with van der Waals surface area (Å²) in [7, 11) is 0. The molecule has 104 valence electrons. The van der Waals surface area contributed by atoms with Crippen molar-refractivity contribution in [1.82, 2.24) is 15.0 Å². The van der Waals surface area contributed by atoms with Gasteiger partial charge in [-0.1, -0.05) is 53.9 Å². The first-order valence-electron chi connectivity index (χ1n) is 5.63. The highest BCUT2D eigenvalue weighted by Gasteiger charge is 2.07. The summed E-state index contributed by atoms with van der Waals surface area (Å²) in [6.45, 7) is 0. The van der Waals surface area contributed by atoms with Crippen LogP contribution < -0.4 is 5.69 Å². The summed E-state index contributed by atoms with van der Waals surface area (Å²) in [5.41, 5.74) is 0.574. The third-order valence-electron chi connectivity index (χ3n) is 2.15. The first-order chi connectivity index (χ1) is 9.63. The summed E-state index contributed by atoms with van der Waals surface area (Å²) >= 11 is 2.29. The van der Waals surface area contributed by atoms with E-state index in [1.807, 2.05) is 30.3 Å². The number of carbonyl (C=O) groups is 1. The van der Waals surface area contributed by atoms with Crippen molar-refractivity contribution >= 4 is 29.5 Å². The standard InChI is InChI=1S/C12H11N3O3S2/c16-9(17)7-20-12-14-10(18)13-11(15-12)19-6-8-4-2-1-3-5-8/h1-5H,6-7H2,(H,16,17)(H,13,14,15,18). The number of hydrogen-bond acceptors (Lipinski definition) is 6. The number of thioether (sulfide) groups is 2. The highest BCUT2D eigenvalue weighted by atomic mass is 32.2. The zero-order chi connectivity index (χ0) is 14.4. The first-order valence-corrected chi connectivity index (χ1v) is 7.60. The lowest BCUT2D eigenvalue weighted by molar-refractivity contribution is -0.133. The van der Waals surface area contributed by atoms with Crippen LogP contribution in [0, 0.1) is 0 Å². The third-order valence-corrected chi connectivity index (χ3v) is 3.93. The van der Waals surface area contributed by atoms with E-state index in [4.69, 9.17) is 5.11 Å². The van der Waals surface area contributed by atoms with Crippen LogP contribution in [0.5, 0.6) is 0 Å². The van der Waals surface area contributed by atoms with Crippen LogP contribution in [-0.2, 0) is 10.5 Å². The number of carboxylic acid groups (broad SMARTS) is 1. The van der Waals surface area contributed by atoms with E-state index < -0.39 is 11.7 Å². The van der Waals surface area contributed by atoms with Crippen LogP contribution in [-0.4, -0.2) is 31.8 Å². The lowest BCUT2D eigenvalue weighted by atomic mass is 10.2. The predicted molar refractivity (Wildman–Crippen MR) is 77.0 cm³/mol. The van der Waals surface area contributed by atoms with Gasteiger partial charge in [-0.3, -0.25) is 9.78 Å². The molecule has 20 heavy (non-hydrogen) atoms. The summed E-state index contributed by atoms with van der Waals surface area (Å²) in [6.07, 6.45) is 0. The molecule has 0 amide bonds. The van der Waals surface area contributed by atoms with Crippen LogP contribution in [0.25, 0.3) is 0 Å². The summed E-state index contributed by atoms with van der Waals surface area (Å²) in [5.74, 6) is -0.476. The maximum Gasteiger partial charge on any atom is 0.349 e. The number of aromatic nitrogens is 3. The second-order valence-corrected chi connectivity index (χ2v) is 5.60. The van der Waals surface area contributed by atoms with Crippen molar-refractivity contribution in [3.05, 3.63) is 46.4 Å². The largest absolute Gasteiger partial charge is 0.481 e. The van der Waals surface area contributed by atoms with E-state index >= 15 is 0 Å². The van der Waals surface area contributed by atoms with Gasteiger partial charge in [-0.2, -0.15) is 9.97 Å². The van der Waals surface area contributed by atoms with Gasteiger partial charge in [0.25, 0.3) is 0 Å². The van der Waals surface area contributed by atoms with Gasteiger partial charge in [-0.15, -0.1) is 0 Å². The Balaban J connectivity index is 2.04. The maximum atomic E-state index is 11.4. The molecule has 0 spiro atoms. The Morgan fingerprint density at radius 3 is 2.65 bits per heavy atom. The number of rotatable bonds is 6.